The molecule has 6 heteroatoms. The van der Waals surface area contributed by atoms with Crippen molar-refractivity contribution >= 4 is 28.7 Å². The van der Waals surface area contributed by atoms with E-state index in [-0.39, 0.29) is 17.8 Å². The fourth-order valence-corrected chi connectivity index (χ4v) is 4.57. The van der Waals surface area contributed by atoms with Gasteiger partial charge in [0, 0.05) is 24.4 Å². The predicted molar refractivity (Wildman–Crippen MR) is 94.3 cm³/mol. The van der Waals surface area contributed by atoms with E-state index in [2.05, 4.69) is 17.4 Å². The molecule has 2 unspecified atom stereocenters. The second kappa shape index (κ2) is 8.92. The number of carbonyl (C=O) groups is 1. The molecule has 23 heavy (non-hydrogen) atoms. The summed E-state index contributed by atoms with van der Waals surface area (Å²) in [6, 6.07) is 7.97. The second-order valence-electron chi connectivity index (χ2n) is 5.94. The van der Waals surface area contributed by atoms with Crippen molar-refractivity contribution in [2.24, 2.45) is 5.92 Å². The van der Waals surface area contributed by atoms with E-state index in [1.807, 2.05) is 19.1 Å². The maximum Gasteiger partial charge on any atom is 0.302 e. The van der Waals surface area contributed by atoms with Gasteiger partial charge in [-0.3, -0.25) is 4.79 Å². The van der Waals surface area contributed by atoms with Crippen LogP contribution in [0.3, 0.4) is 0 Å². The number of esters is 1. The van der Waals surface area contributed by atoms with Crippen LogP contribution in [0.2, 0.25) is 5.02 Å². The van der Waals surface area contributed by atoms with E-state index in [0.717, 1.165) is 24.5 Å². The Morgan fingerprint density at radius 1 is 1.48 bits per heavy atom. The summed E-state index contributed by atoms with van der Waals surface area (Å²) >= 11 is 4.96. The lowest BCUT2D eigenvalue weighted by Crippen LogP contribution is -2.44. The van der Waals surface area contributed by atoms with Gasteiger partial charge >= 0.3 is 5.97 Å². The van der Waals surface area contributed by atoms with Crippen molar-refractivity contribution in [1.82, 2.24) is 5.32 Å². The molecule has 0 bridgehead atoms. The third-order valence-corrected chi connectivity index (χ3v) is 6.43. The zero-order valence-electron chi connectivity index (χ0n) is 13.6. The van der Waals surface area contributed by atoms with E-state index in [1.54, 1.807) is 0 Å². The summed E-state index contributed by atoms with van der Waals surface area (Å²) in [4.78, 5) is 10.8. The van der Waals surface area contributed by atoms with Crippen LogP contribution < -0.4 is 5.32 Å². The van der Waals surface area contributed by atoms with Gasteiger partial charge in [0.1, 0.15) is 17.6 Å². The first-order valence-corrected chi connectivity index (χ1v) is 9.71. The van der Waals surface area contributed by atoms with Gasteiger partial charge in [-0.05, 0) is 54.7 Å². The first-order chi connectivity index (χ1) is 11.0. The van der Waals surface area contributed by atoms with Gasteiger partial charge < -0.3 is 14.6 Å². The highest BCUT2D eigenvalue weighted by atomic mass is 35.5. The molecule has 0 spiro atoms. The van der Waals surface area contributed by atoms with Crippen molar-refractivity contribution in [2.75, 3.05) is 25.4 Å². The van der Waals surface area contributed by atoms with Crippen LogP contribution in [0.4, 0.5) is 0 Å². The minimum Gasteiger partial charge on any atom is -0.616 e. The predicted octanol–water partition coefficient (Wildman–Crippen LogP) is 2.73. The number of halogens is 1. The van der Waals surface area contributed by atoms with E-state index in [0.29, 0.717) is 17.6 Å². The van der Waals surface area contributed by atoms with Gasteiger partial charge in [-0.2, -0.15) is 0 Å². The molecule has 1 aromatic carbocycles. The Balaban J connectivity index is 2.01. The van der Waals surface area contributed by atoms with Crippen LogP contribution in [-0.2, 0) is 20.7 Å². The average Bonchev–Trinajstić information content (AvgIpc) is 2.54. The third-order valence-electron chi connectivity index (χ3n) is 4.43. The molecule has 1 heterocycles. The maximum absolute atomic E-state index is 12.5. The van der Waals surface area contributed by atoms with Crippen molar-refractivity contribution < 1.29 is 14.1 Å². The van der Waals surface area contributed by atoms with E-state index >= 15 is 0 Å². The van der Waals surface area contributed by atoms with Crippen LogP contribution in [0, 0.1) is 5.92 Å². The molecule has 1 aliphatic heterocycles. The zero-order valence-corrected chi connectivity index (χ0v) is 15.2. The second-order valence-corrected chi connectivity index (χ2v) is 8.29. The lowest BCUT2D eigenvalue weighted by atomic mass is 9.79. The highest BCUT2D eigenvalue weighted by Crippen LogP contribution is 2.35. The molecular formula is C17H24ClNO3S. The van der Waals surface area contributed by atoms with Gasteiger partial charge in [0.2, 0.25) is 0 Å². The molecule has 0 aliphatic carbocycles. The highest BCUT2D eigenvalue weighted by molar-refractivity contribution is 7.92. The van der Waals surface area contributed by atoms with Crippen LogP contribution in [0.1, 0.15) is 31.7 Å². The largest absolute Gasteiger partial charge is 0.616 e. The minimum absolute atomic E-state index is 0.0408. The monoisotopic (exact) mass is 357 g/mol. The van der Waals surface area contributed by atoms with Crippen LogP contribution in [-0.4, -0.2) is 41.2 Å². The first-order valence-electron chi connectivity index (χ1n) is 7.95. The van der Waals surface area contributed by atoms with Crippen molar-refractivity contribution in [2.45, 2.75) is 31.4 Å². The topological polar surface area (TPSA) is 61.4 Å². The number of hydrogen-bond donors (Lipinski definition) is 1. The number of nitrogens with one attached hydrogen (secondary N) is 1. The summed E-state index contributed by atoms with van der Waals surface area (Å²) in [5.41, 5.74) is 1.25. The quantitative estimate of drug-likeness (QED) is 0.628. The van der Waals surface area contributed by atoms with Gasteiger partial charge in [0.05, 0.1) is 0 Å². The molecule has 0 amide bonds. The summed E-state index contributed by atoms with van der Waals surface area (Å²) in [7, 11) is 0. The standard InChI is InChI=1S/C17H24ClNO3S/c1-12(23(21)10-9-22-13(2)20)17-11-19-8-7-16(17)14-3-5-15(18)6-4-14/h3-6,12,16-17,19H,7-11H2,1-2H3/t12?,16-,17-,23?/m1/s1. The Morgan fingerprint density at radius 2 is 2.17 bits per heavy atom. The number of ether oxygens (including phenoxy) is 1. The molecule has 1 N–H and O–H groups in total. The van der Waals surface area contributed by atoms with E-state index in [9.17, 15) is 9.35 Å². The molecule has 2 rings (SSSR count). The smallest absolute Gasteiger partial charge is 0.302 e. The number of carbonyl (C=O) groups excluding carboxylic acids is 1. The summed E-state index contributed by atoms with van der Waals surface area (Å²) in [5, 5.41) is 4.18. The summed E-state index contributed by atoms with van der Waals surface area (Å²) in [6.45, 7) is 5.45. The molecule has 1 saturated heterocycles. The van der Waals surface area contributed by atoms with Crippen molar-refractivity contribution in [1.29, 1.82) is 0 Å². The Labute approximate surface area is 146 Å². The van der Waals surface area contributed by atoms with Crippen LogP contribution in [0.5, 0.6) is 0 Å². The zero-order chi connectivity index (χ0) is 16.8. The minimum atomic E-state index is -1.02. The molecule has 0 aromatic heterocycles. The average molecular weight is 358 g/mol. The number of rotatable bonds is 6. The first kappa shape index (κ1) is 18.6. The van der Waals surface area contributed by atoms with Crippen molar-refractivity contribution in [3.63, 3.8) is 0 Å². The Morgan fingerprint density at radius 3 is 2.83 bits per heavy atom. The molecule has 1 aliphatic rings. The Bertz CT molecular complexity index is 511. The third kappa shape index (κ3) is 5.38. The summed E-state index contributed by atoms with van der Waals surface area (Å²) in [5.74, 6) is 0.738. The Hall–Kier alpha value is -0.750. The molecule has 4 atom stereocenters. The molecule has 1 fully saturated rings. The SMILES string of the molecule is CC(=O)OCC[S+]([O-])C(C)[C@H]1CNCC[C@@H]1c1ccc(Cl)cc1. The molecule has 128 valence electrons. The van der Waals surface area contributed by atoms with E-state index in [4.69, 9.17) is 16.3 Å². The van der Waals surface area contributed by atoms with Crippen molar-refractivity contribution in [3.8, 4) is 0 Å². The molecule has 0 radical (unpaired) electrons. The molecule has 0 saturated carbocycles. The lowest BCUT2D eigenvalue weighted by Gasteiger charge is -2.36. The molecule has 4 nitrogen and oxygen atoms in total. The fraction of sp³-hybridized carbons (Fsp3) is 0.588. The molecule has 1 aromatic rings. The highest BCUT2D eigenvalue weighted by Gasteiger charge is 2.36. The van der Waals surface area contributed by atoms with E-state index < -0.39 is 11.2 Å². The summed E-state index contributed by atoms with van der Waals surface area (Å²) < 4.78 is 17.4. The lowest BCUT2D eigenvalue weighted by molar-refractivity contribution is -0.140. The van der Waals surface area contributed by atoms with Gasteiger partial charge in [-0.25, -0.2) is 0 Å². The van der Waals surface area contributed by atoms with Crippen molar-refractivity contribution in [3.05, 3.63) is 34.9 Å². The van der Waals surface area contributed by atoms with Gasteiger partial charge in [-0.1, -0.05) is 23.7 Å². The fourth-order valence-electron chi connectivity index (χ4n) is 3.15. The number of piperidine rings is 1. The normalized spacial score (nSPS) is 24.0. The maximum atomic E-state index is 12.5. The Kier molecular flexibility index (Phi) is 7.21. The number of benzene rings is 1. The number of hydrogen-bond acceptors (Lipinski definition) is 4. The van der Waals surface area contributed by atoms with Gasteiger partial charge in [-0.15, -0.1) is 0 Å². The van der Waals surface area contributed by atoms with Crippen LogP contribution in [0.15, 0.2) is 24.3 Å². The van der Waals surface area contributed by atoms with Gasteiger partial charge in [0.25, 0.3) is 0 Å². The summed E-state index contributed by atoms with van der Waals surface area (Å²) in [6.07, 6.45) is 1.03. The van der Waals surface area contributed by atoms with Crippen LogP contribution in [0.25, 0.3) is 0 Å². The van der Waals surface area contributed by atoms with E-state index in [1.165, 1.54) is 12.5 Å². The van der Waals surface area contributed by atoms with Crippen LogP contribution >= 0.6 is 11.6 Å². The molecular weight excluding hydrogens is 334 g/mol. The van der Waals surface area contributed by atoms with Gasteiger partial charge in [0.15, 0.2) is 0 Å².